The number of hydrogen-bond donors (Lipinski definition) is 1. The normalized spacial score (nSPS) is 17.1. The van der Waals surface area contributed by atoms with Crippen LogP contribution in [0.3, 0.4) is 0 Å². The molecule has 11 heteroatoms. The smallest absolute Gasteiger partial charge is 0.243 e. The van der Waals surface area contributed by atoms with Crippen molar-refractivity contribution in [2.75, 3.05) is 43.9 Å². The fraction of sp³-hybridized carbons (Fsp3) is 0.632. The van der Waals surface area contributed by atoms with Crippen molar-refractivity contribution in [1.82, 2.24) is 13.9 Å². The fourth-order valence-electron chi connectivity index (χ4n) is 3.26. The van der Waals surface area contributed by atoms with Crippen molar-refractivity contribution in [3.8, 4) is 0 Å². The summed E-state index contributed by atoms with van der Waals surface area (Å²) in [5.41, 5.74) is 1.55. The van der Waals surface area contributed by atoms with Crippen LogP contribution < -0.4 is 4.72 Å². The van der Waals surface area contributed by atoms with E-state index in [1.807, 2.05) is 19.2 Å². The summed E-state index contributed by atoms with van der Waals surface area (Å²) >= 11 is 1.54. The first-order chi connectivity index (χ1) is 14.0. The molecule has 1 saturated heterocycles. The number of sulfonamides is 2. The number of carbonyl (C=O) groups is 1. The number of carbonyl (C=O) groups excluding carboxylic acids is 1. The molecule has 2 rings (SSSR count). The highest BCUT2D eigenvalue weighted by Crippen LogP contribution is 2.22. The Balaban J connectivity index is 2.10. The molecule has 0 bridgehead atoms. The number of hydrogen-bond acceptors (Lipinski definition) is 6. The molecule has 1 unspecified atom stereocenters. The maximum absolute atomic E-state index is 13.1. The van der Waals surface area contributed by atoms with Crippen molar-refractivity contribution >= 4 is 37.7 Å². The van der Waals surface area contributed by atoms with Crippen LogP contribution in [0.25, 0.3) is 0 Å². The van der Waals surface area contributed by atoms with Gasteiger partial charge in [-0.25, -0.2) is 21.6 Å². The number of amides is 1. The molecule has 1 aromatic rings. The van der Waals surface area contributed by atoms with E-state index in [1.165, 1.54) is 23.0 Å². The zero-order valence-corrected chi connectivity index (χ0v) is 20.4. The van der Waals surface area contributed by atoms with Gasteiger partial charge in [0.15, 0.2) is 0 Å². The van der Waals surface area contributed by atoms with Crippen LogP contribution in [-0.2, 0) is 24.8 Å². The highest BCUT2D eigenvalue weighted by molar-refractivity contribution is 7.98. The molecule has 170 valence electrons. The van der Waals surface area contributed by atoms with E-state index in [0.717, 1.165) is 5.56 Å². The summed E-state index contributed by atoms with van der Waals surface area (Å²) in [6.07, 6.45) is 2.28. The lowest BCUT2D eigenvalue weighted by atomic mass is 10.2. The van der Waals surface area contributed by atoms with E-state index in [2.05, 4.69) is 4.72 Å². The molecule has 0 aromatic heterocycles. The summed E-state index contributed by atoms with van der Waals surface area (Å²) in [6.45, 7) is 5.95. The third-order valence-electron chi connectivity index (χ3n) is 5.12. The van der Waals surface area contributed by atoms with Gasteiger partial charge in [-0.3, -0.25) is 4.79 Å². The first-order valence-corrected chi connectivity index (χ1v) is 14.4. The van der Waals surface area contributed by atoms with E-state index in [-0.39, 0.29) is 42.7 Å². The molecule has 1 atom stereocenters. The number of rotatable bonds is 9. The van der Waals surface area contributed by atoms with Crippen LogP contribution >= 0.6 is 11.8 Å². The van der Waals surface area contributed by atoms with Crippen molar-refractivity contribution < 1.29 is 21.6 Å². The monoisotopic (exact) mass is 477 g/mol. The Kier molecular flexibility index (Phi) is 8.75. The summed E-state index contributed by atoms with van der Waals surface area (Å²) in [7, 11) is -7.18. The largest absolute Gasteiger partial charge is 0.339 e. The minimum Gasteiger partial charge on any atom is -0.339 e. The van der Waals surface area contributed by atoms with Gasteiger partial charge >= 0.3 is 0 Å². The van der Waals surface area contributed by atoms with Crippen LogP contribution in [0.2, 0.25) is 0 Å². The zero-order chi connectivity index (χ0) is 22.5. The molecule has 1 heterocycles. The Labute approximate surface area is 184 Å². The van der Waals surface area contributed by atoms with Crippen molar-refractivity contribution in [3.63, 3.8) is 0 Å². The van der Waals surface area contributed by atoms with Gasteiger partial charge in [-0.1, -0.05) is 12.1 Å². The van der Waals surface area contributed by atoms with E-state index >= 15 is 0 Å². The fourth-order valence-corrected chi connectivity index (χ4v) is 6.28. The molecule has 0 aliphatic carbocycles. The quantitative estimate of drug-likeness (QED) is 0.573. The lowest BCUT2D eigenvalue weighted by Gasteiger charge is -2.36. The maximum atomic E-state index is 13.1. The molecule has 1 fully saturated rings. The van der Waals surface area contributed by atoms with Crippen molar-refractivity contribution in [1.29, 1.82) is 0 Å². The van der Waals surface area contributed by atoms with Gasteiger partial charge in [0.1, 0.15) is 6.04 Å². The number of benzene rings is 1. The number of aryl methyl sites for hydroxylation is 2. The van der Waals surface area contributed by atoms with E-state index < -0.39 is 26.1 Å². The molecule has 1 aromatic carbocycles. The highest BCUT2D eigenvalue weighted by Gasteiger charge is 2.34. The minimum atomic E-state index is -3.65. The lowest BCUT2D eigenvalue weighted by molar-refractivity contribution is -0.134. The molecule has 30 heavy (non-hydrogen) atoms. The Morgan fingerprint density at radius 1 is 1.13 bits per heavy atom. The molecule has 0 spiro atoms. The van der Waals surface area contributed by atoms with Gasteiger partial charge < -0.3 is 4.90 Å². The molecule has 8 nitrogen and oxygen atoms in total. The summed E-state index contributed by atoms with van der Waals surface area (Å²) < 4.78 is 54.0. The Morgan fingerprint density at radius 2 is 1.77 bits per heavy atom. The molecule has 0 saturated carbocycles. The predicted molar refractivity (Wildman–Crippen MR) is 121 cm³/mol. The number of piperazine rings is 1. The van der Waals surface area contributed by atoms with Crippen LogP contribution in [0.4, 0.5) is 0 Å². The molecule has 1 aliphatic heterocycles. The highest BCUT2D eigenvalue weighted by atomic mass is 32.2. The number of thioether (sulfide) groups is 1. The second-order valence-electron chi connectivity index (χ2n) is 7.35. The van der Waals surface area contributed by atoms with Gasteiger partial charge in [0, 0.05) is 26.2 Å². The topological polar surface area (TPSA) is 104 Å². The first kappa shape index (κ1) is 25.1. The van der Waals surface area contributed by atoms with E-state index in [9.17, 15) is 21.6 Å². The van der Waals surface area contributed by atoms with Crippen LogP contribution in [0.15, 0.2) is 23.1 Å². The summed E-state index contributed by atoms with van der Waals surface area (Å²) in [6, 6.07) is 4.50. The summed E-state index contributed by atoms with van der Waals surface area (Å²) in [4.78, 5) is 14.8. The van der Waals surface area contributed by atoms with Crippen LogP contribution in [0.1, 0.15) is 24.5 Å². The standard InChI is InChI=1S/C19H31N3O5S3/c1-5-29(24,25)20-17(8-13-28-4)19(23)21-9-11-22(12-10-21)30(26,27)18-14-15(2)6-7-16(18)3/h6-7,14,17,20H,5,8-13H2,1-4H3. The van der Waals surface area contributed by atoms with Gasteiger partial charge in [-0.15, -0.1) is 0 Å². The number of nitrogens with one attached hydrogen (secondary N) is 1. The lowest BCUT2D eigenvalue weighted by Crippen LogP contribution is -2.56. The van der Waals surface area contributed by atoms with E-state index in [1.54, 1.807) is 24.0 Å². The van der Waals surface area contributed by atoms with Crippen molar-refractivity contribution in [2.24, 2.45) is 0 Å². The Morgan fingerprint density at radius 3 is 2.33 bits per heavy atom. The Hall–Kier alpha value is -1.14. The van der Waals surface area contributed by atoms with Gasteiger partial charge in [-0.2, -0.15) is 16.1 Å². The summed E-state index contributed by atoms with van der Waals surface area (Å²) in [5.74, 6) is 0.242. The van der Waals surface area contributed by atoms with Crippen LogP contribution in [0.5, 0.6) is 0 Å². The molecular weight excluding hydrogens is 446 g/mol. The zero-order valence-electron chi connectivity index (χ0n) is 17.9. The van der Waals surface area contributed by atoms with Gasteiger partial charge in [0.2, 0.25) is 26.0 Å². The maximum Gasteiger partial charge on any atom is 0.243 e. The molecule has 1 aliphatic rings. The second kappa shape index (κ2) is 10.4. The second-order valence-corrected chi connectivity index (χ2v) is 12.3. The number of nitrogens with zero attached hydrogens (tertiary/aromatic N) is 2. The molecule has 0 radical (unpaired) electrons. The average Bonchev–Trinajstić information content (AvgIpc) is 2.72. The average molecular weight is 478 g/mol. The first-order valence-electron chi connectivity index (χ1n) is 9.87. The van der Waals surface area contributed by atoms with Crippen molar-refractivity contribution in [3.05, 3.63) is 29.3 Å². The van der Waals surface area contributed by atoms with Crippen molar-refractivity contribution in [2.45, 2.75) is 38.1 Å². The molecule has 1 amide bonds. The van der Waals surface area contributed by atoms with Gasteiger partial charge in [0.05, 0.1) is 10.6 Å². The van der Waals surface area contributed by atoms with E-state index in [4.69, 9.17) is 0 Å². The third-order valence-corrected chi connectivity index (χ3v) is 9.21. The molecular formula is C19H31N3O5S3. The van der Waals surface area contributed by atoms with Crippen LogP contribution in [0, 0.1) is 13.8 Å². The van der Waals surface area contributed by atoms with Gasteiger partial charge in [0.25, 0.3) is 0 Å². The SMILES string of the molecule is CCS(=O)(=O)NC(CCSC)C(=O)N1CCN(S(=O)(=O)c2cc(C)ccc2C)CC1. The van der Waals surface area contributed by atoms with Crippen LogP contribution in [-0.4, -0.2) is 81.9 Å². The minimum absolute atomic E-state index is 0.0993. The Bertz CT molecular complexity index is 956. The molecule has 1 N–H and O–H groups in total. The van der Waals surface area contributed by atoms with E-state index in [0.29, 0.717) is 17.7 Å². The third kappa shape index (κ3) is 6.19. The predicted octanol–water partition coefficient (Wildman–Crippen LogP) is 1.20. The van der Waals surface area contributed by atoms with Gasteiger partial charge in [-0.05, 0) is 56.4 Å². The summed E-state index contributed by atoms with van der Waals surface area (Å²) in [5, 5.41) is 0.